The van der Waals surface area contributed by atoms with Crippen LogP contribution in [-0.4, -0.2) is 62.1 Å². The lowest BCUT2D eigenvalue weighted by Gasteiger charge is -2.28. The van der Waals surface area contributed by atoms with Crippen LogP contribution in [-0.2, 0) is 10.1 Å². The van der Waals surface area contributed by atoms with E-state index in [1.54, 1.807) is 75.5 Å². The summed E-state index contributed by atoms with van der Waals surface area (Å²) >= 11 is 0. The van der Waals surface area contributed by atoms with Gasteiger partial charge in [0.05, 0.1) is 18.5 Å². The van der Waals surface area contributed by atoms with Gasteiger partial charge < -0.3 is 4.55 Å². The molecule has 3 aliphatic heterocycles. The molecule has 3 heterocycles. The molecule has 0 unspecified atom stereocenters. The van der Waals surface area contributed by atoms with Crippen LogP contribution in [0.3, 0.4) is 0 Å². The van der Waals surface area contributed by atoms with E-state index in [9.17, 15) is 13.2 Å². The number of rotatable bonds is 0. The smallest absolute Gasteiger partial charge is 0.485 e. The standard InChI is InChI=1S/C13H27P2.CHF3O3S/c1-15-11-5-2-8-14(9-3-6-12-15)10-4-7-13-15;2-1(3,4)8(5,6)7/h2-13H2,1H3;(H,5,6,7)/q+1;/p-1. The summed E-state index contributed by atoms with van der Waals surface area (Å²) in [6.07, 6.45) is 19.2. The Labute approximate surface area is 139 Å². The minimum absolute atomic E-state index is 0.466. The van der Waals surface area contributed by atoms with Gasteiger partial charge in [-0.25, -0.2) is 8.42 Å². The number of fused-ring (bicyclic) bond motifs is 9. The maximum Gasteiger partial charge on any atom is 0.485 e. The van der Waals surface area contributed by atoms with Crippen molar-refractivity contribution in [3.8, 4) is 0 Å². The lowest BCUT2D eigenvalue weighted by atomic mass is 10.4. The molecule has 23 heavy (non-hydrogen) atoms. The first-order valence-corrected chi connectivity index (χ1v) is 14.2. The molecule has 138 valence electrons. The first-order chi connectivity index (χ1) is 10.5. The van der Waals surface area contributed by atoms with E-state index in [4.69, 9.17) is 13.0 Å². The third-order valence-corrected chi connectivity index (χ3v) is 12.2. The first-order valence-electron chi connectivity index (χ1n) is 8.12. The highest BCUT2D eigenvalue weighted by molar-refractivity contribution is 7.86. The Morgan fingerprint density at radius 3 is 1.43 bits per heavy atom. The fraction of sp³-hybridized carbons (Fsp3) is 1.00. The molecule has 3 rings (SSSR count). The van der Waals surface area contributed by atoms with Crippen molar-refractivity contribution in [2.75, 3.05) is 43.6 Å². The van der Waals surface area contributed by atoms with Crippen molar-refractivity contribution in [3.05, 3.63) is 0 Å². The highest BCUT2D eigenvalue weighted by Gasteiger charge is 2.37. The zero-order chi connectivity index (χ0) is 17.6. The topological polar surface area (TPSA) is 57.2 Å². The zero-order valence-electron chi connectivity index (χ0n) is 13.6. The molecule has 3 nitrogen and oxygen atoms in total. The van der Waals surface area contributed by atoms with E-state index >= 15 is 0 Å². The normalized spacial score (nSPS) is 30.6. The Kier molecular flexibility index (Phi) is 8.75. The highest BCUT2D eigenvalue weighted by Crippen LogP contribution is 2.59. The van der Waals surface area contributed by atoms with Gasteiger partial charge in [0.25, 0.3) is 0 Å². The average molecular weight is 394 g/mol. The minimum Gasteiger partial charge on any atom is -0.741 e. The van der Waals surface area contributed by atoms with Crippen LogP contribution < -0.4 is 0 Å². The van der Waals surface area contributed by atoms with Crippen molar-refractivity contribution in [2.45, 2.75) is 44.0 Å². The molecule has 0 N–H and O–H groups in total. The van der Waals surface area contributed by atoms with Crippen molar-refractivity contribution >= 4 is 25.3 Å². The molecule has 0 aromatic heterocycles. The van der Waals surface area contributed by atoms with E-state index in [0.717, 1.165) is 0 Å². The van der Waals surface area contributed by atoms with Crippen molar-refractivity contribution in [1.29, 1.82) is 0 Å². The molecule has 0 saturated carbocycles. The van der Waals surface area contributed by atoms with Crippen LogP contribution in [0.25, 0.3) is 0 Å². The lowest BCUT2D eigenvalue weighted by Crippen LogP contribution is -2.21. The minimum atomic E-state index is -6.09. The van der Waals surface area contributed by atoms with Crippen LogP contribution in [0.15, 0.2) is 0 Å². The quantitative estimate of drug-likeness (QED) is 0.344. The van der Waals surface area contributed by atoms with Crippen LogP contribution in [0.2, 0.25) is 0 Å². The Hall–Kier alpha value is 0.560. The second kappa shape index (κ2) is 9.31. The predicted octanol–water partition coefficient (Wildman–Crippen LogP) is 4.53. The predicted molar refractivity (Wildman–Crippen MR) is 92.4 cm³/mol. The molecule has 3 aliphatic rings. The van der Waals surface area contributed by atoms with Gasteiger partial charge in [0.1, 0.15) is 0 Å². The summed E-state index contributed by atoms with van der Waals surface area (Å²) in [6.45, 7) is 2.68. The maximum atomic E-state index is 10.7. The molecule has 0 aliphatic carbocycles. The molecule has 3 fully saturated rings. The maximum absolute atomic E-state index is 10.7. The fourth-order valence-corrected chi connectivity index (χ4v) is 9.47. The summed E-state index contributed by atoms with van der Waals surface area (Å²) < 4.78 is 58.9. The van der Waals surface area contributed by atoms with Gasteiger partial charge in [-0.1, -0.05) is 0 Å². The molecule has 0 atom stereocenters. The van der Waals surface area contributed by atoms with Crippen LogP contribution >= 0.6 is 15.2 Å². The van der Waals surface area contributed by atoms with Crippen LogP contribution in [0, 0.1) is 0 Å². The van der Waals surface area contributed by atoms with E-state index in [1.165, 1.54) is 0 Å². The average Bonchev–Trinajstić information content (AvgIpc) is 2.43. The van der Waals surface area contributed by atoms with Gasteiger partial charge in [-0.05, 0) is 57.0 Å². The number of hydrogen-bond donors (Lipinski definition) is 0. The summed E-state index contributed by atoms with van der Waals surface area (Å²) in [4.78, 5) is 0. The third kappa shape index (κ3) is 8.47. The summed E-state index contributed by atoms with van der Waals surface area (Å²) in [5.74, 6) is 0. The molecule has 0 aromatic rings. The molecule has 0 aromatic carbocycles. The van der Waals surface area contributed by atoms with Crippen molar-refractivity contribution in [3.63, 3.8) is 0 Å². The molecule has 3 saturated heterocycles. The van der Waals surface area contributed by atoms with E-state index in [0.29, 0.717) is 7.92 Å². The van der Waals surface area contributed by atoms with Crippen molar-refractivity contribution < 1.29 is 26.1 Å². The van der Waals surface area contributed by atoms with Crippen LogP contribution in [0.4, 0.5) is 13.2 Å². The summed E-state index contributed by atoms with van der Waals surface area (Å²) in [5, 5.41) is 0. The fourth-order valence-electron chi connectivity index (χ4n) is 3.16. The molecule has 0 spiro atoms. The third-order valence-electron chi connectivity index (χ3n) is 4.55. The largest absolute Gasteiger partial charge is 0.741 e. The van der Waals surface area contributed by atoms with Crippen molar-refractivity contribution in [2.24, 2.45) is 0 Å². The van der Waals surface area contributed by atoms with Crippen LogP contribution in [0.5, 0.6) is 0 Å². The molecule has 2 bridgehead atoms. The molecule has 9 heteroatoms. The van der Waals surface area contributed by atoms with Crippen LogP contribution in [0.1, 0.15) is 38.5 Å². The molecule has 0 amide bonds. The summed E-state index contributed by atoms with van der Waals surface area (Å²) in [7, 11) is -6.09. The number of hydrogen-bond acceptors (Lipinski definition) is 3. The Morgan fingerprint density at radius 2 is 1.17 bits per heavy atom. The molecular formula is C14H27F3O3P2S. The summed E-state index contributed by atoms with van der Waals surface area (Å²) in [6, 6.07) is 0. The zero-order valence-corrected chi connectivity index (χ0v) is 16.3. The second-order valence-electron chi connectivity index (χ2n) is 6.65. The van der Waals surface area contributed by atoms with E-state index in [2.05, 4.69) is 6.66 Å². The molecular weight excluding hydrogens is 367 g/mol. The SMILES string of the molecule is C[P+]12CCCCP(CCCC1)CCCC2.O=S(=O)([O-])C(F)(F)F. The van der Waals surface area contributed by atoms with Gasteiger partial charge in [0.15, 0.2) is 10.1 Å². The number of halogens is 3. The highest BCUT2D eigenvalue weighted by atomic mass is 32.2. The van der Waals surface area contributed by atoms with Gasteiger partial charge in [0.2, 0.25) is 0 Å². The second-order valence-corrected chi connectivity index (χ2v) is 15.3. The lowest BCUT2D eigenvalue weighted by molar-refractivity contribution is -0.0517. The van der Waals surface area contributed by atoms with Gasteiger partial charge in [-0.2, -0.15) is 13.2 Å². The first kappa shape index (κ1) is 21.6. The Balaban J connectivity index is 0.000000284. The van der Waals surface area contributed by atoms with Gasteiger partial charge in [-0.15, -0.1) is 7.92 Å². The Morgan fingerprint density at radius 1 is 0.870 bits per heavy atom. The van der Waals surface area contributed by atoms with E-state index < -0.39 is 22.9 Å². The number of alkyl halides is 3. The van der Waals surface area contributed by atoms with E-state index in [1.807, 2.05) is 0 Å². The van der Waals surface area contributed by atoms with E-state index in [-0.39, 0.29) is 0 Å². The van der Waals surface area contributed by atoms with Gasteiger partial charge in [0, 0.05) is 13.9 Å². The van der Waals surface area contributed by atoms with Gasteiger partial charge >= 0.3 is 5.51 Å². The molecule has 0 radical (unpaired) electrons. The Bertz CT molecular complexity index is 423. The monoisotopic (exact) mass is 394 g/mol. The van der Waals surface area contributed by atoms with Crippen molar-refractivity contribution in [1.82, 2.24) is 0 Å². The van der Waals surface area contributed by atoms with Gasteiger partial charge in [-0.3, -0.25) is 0 Å². The summed E-state index contributed by atoms with van der Waals surface area (Å²) in [5.41, 5.74) is -5.65.